The summed E-state index contributed by atoms with van der Waals surface area (Å²) in [6.45, 7) is 1.76. The van der Waals surface area contributed by atoms with Crippen molar-refractivity contribution in [2.24, 2.45) is 0 Å². The van der Waals surface area contributed by atoms with Crippen LogP contribution < -0.4 is 10.2 Å². The molecule has 1 aliphatic heterocycles. The smallest absolute Gasteiger partial charge is 0.326 e. The fourth-order valence-corrected chi connectivity index (χ4v) is 5.00. The van der Waals surface area contributed by atoms with Crippen LogP contribution >= 0.6 is 23.2 Å². The lowest BCUT2D eigenvalue weighted by Crippen LogP contribution is -2.42. The molecule has 0 aliphatic carbocycles. The summed E-state index contributed by atoms with van der Waals surface area (Å²) in [5.41, 5.74) is 2.61. The number of rotatable bonds is 7. The number of H-pyrrole nitrogens is 1. The minimum absolute atomic E-state index is 0.0236. The number of aromatic amines is 1. The standard InChI is InChI=1S/C26H18Cl2N6O5/c1-12-3-2-4-16-20(12)25(37)34(24(16)36)15-7-5-13(6-8-15)9-19(26(38)39)29-23(35)21-17(27)10-14(11-18(21)28)22-30-32-33-31-22/h2-8,10-11,19H,9H2,1H3,(H,29,35)(H,38,39)(H,30,31,32,33). The molecular formula is C26H18Cl2N6O5. The molecular weight excluding hydrogens is 547 g/mol. The first-order chi connectivity index (χ1) is 18.7. The first kappa shape index (κ1) is 26.0. The first-order valence-corrected chi connectivity index (χ1v) is 12.2. The number of carbonyl (C=O) groups is 4. The van der Waals surface area contributed by atoms with Gasteiger partial charge in [0, 0.05) is 12.0 Å². The van der Waals surface area contributed by atoms with E-state index in [1.807, 2.05) is 0 Å². The molecule has 1 atom stereocenters. The van der Waals surface area contributed by atoms with Crippen LogP contribution in [0.4, 0.5) is 5.69 Å². The lowest BCUT2D eigenvalue weighted by Gasteiger charge is -2.18. The maximum Gasteiger partial charge on any atom is 0.326 e. The molecule has 5 rings (SSSR count). The number of aryl methyl sites for hydroxylation is 1. The topological polar surface area (TPSA) is 158 Å². The van der Waals surface area contributed by atoms with Crippen molar-refractivity contribution in [3.63, 3.8) is 0 Å². The predicted molar refractivity (Wildman–Crippen MR) is 141 cm³/mol. The fourth-order valence-electron chi connectivity index (χ4n) is 4.34. The Kier molecular flexibility index (Phi) is 6.85. The van der Waals surface area contributed by atoms with Crippen molar-refractivity contribution >= 4 is 52.6 Å². The molecule has 3 N–H and O–H groups in total. The number of benzene rings is 3. The zero-order valence-electron chi connectivity index (χ0n) is 20.1. The summed E-state index contributed by atoms with van der Waals surface area (Å²) in [4.78, 5) is 51.8. The summed E-state index contributed by atoms with van der Waals surface area (Å²) >= 11 is 12.6. The number of nitrogens with one attached hydrogen (secondary N) is 2. The molecule has 1 aromatic heterocycles. The van der Waals surface area contributed by atoms with Crippen LogP contribution in [0.3, 0.4) is 0 Å². The zero-order chi connectivity index (χ0) is 27.8. The monoisotopic (exact) mass is 564 g/mol. The Morgan fingerprint density at radius 3 is 2.33 bits per heavy atom. The number of carbonyl (C=O) groups excluding carboxylic acids is 3. The van der Waals surface area contributed by atoms with E-state index in [4.69, 9.17) is 23.2 Å². The maximum absolute atomic E-state index is 13.0. The highest BCUT2D eigenvalue weighted by atomic mass is 35.5. The molecule has 0 spiro atoms. The van der Waals surface area contributed by atoms with E-state index in [0.717, 1.165) is 4.90 Å². The van der Waals surface area contributed by atoms with Gasteiger partial charge in [-0.1, -0.05) is 47.5 Å². The highest BCUT2D eigenvalue weighted by Crippen LogP contribution is 2.32. The van der Waals surface area contributed by atoms with Crippen molar-refractivity contribution in [2.75, 3.05) is 4.90 Å². The molecule has 4 aromatic rings. The van der Waals surface area contributed by atoms with Gasteiger partial charge in [-0.05, 0) is 53.6 Å². The van der Waals surface area contributed by atoms with Crippen LogP contribution in [0, 0.1) is 6.92 Å². The minimum atomic E-state index is -1.32. The summed E-state index contributed by atoms with van der Waals surface area (Å²) in [5, 5.41) is 25.6. The highest BCUT2D eigenvalue weighted by Gasteiger charge is 2.37. The lowest BCUT2D eigenvalue weighted by molar-refractivity contribution is -0.139. The number of hydrogen-bond donors (Lipinski definition) is 3. The SMILES string of the molecule is Cc1cccc2c1C(=O)N(c1ccc(CC(NC(=O)c3c(Cl)cc(-c4nn[nH]n4)cc3Cl)C(=O)O)cc1)C2=O. The largest absolute Gasteiger partial charge is 0.480 e. The Bertz CT molecular complexity index is 1620. The Morgan fingerprint density at radius 2 is 1.74 bits per heavy atom. The number of nitrogens with zero attached hydrogens (tertiary/aromatic N) is 4. The van der Waals surface area contributed by atoms with Gasteiger partial charge < -0.3 is 10.4 Å². The van der Waals surface area contributed by atoms with Gasteiger partial charge in [0.15, 0.2) is 0 Å². The van der Waals surface area contributed by atoms with E-state index in [-0.39, 0.29) is 27.9 Å². The van der Waals surface area contributed by atoms with Crippen LogP contribution in [-0.2, 0) is 11.2 Å². The molecule has 196 valence electrons. The molecule has 0 saturated carbocycles. The normalized spacial score (nSPS) is 13.4. The van der Waals surface area contributed by atoms with E-state index in [9.17, 15) is 24.3 Å². The summed E-state index contributed by atoms with van der Waals surface area (Å²) in [5.74, 6) is -2.69. The van der Waals surface area contributed by atoms with Gasteiger partial charge in [-0.15, -0.1) is 10.2 Å². The van der Waals surface area contributed by atoms with Gasteiger partial charge in [-0.3, -0.25) is 14.4 Å². The van der Waals surface area contributed by atoms with Gasteiger partial charge in [-0.2, -0.15) is 5.21 Å². The zero-order valence-corrected chi connectivity index (χ0v) is 21.6. The first-order valence-electron chi connectivity index (χ1n) is 11.5. The molecule has 1 unspecified atom stereocenters. The van der Waals surface area contributed by atoms with E-state index in [2.05, 4.69) is 25.9 Å². The third-order valence-electron chi connectivity index (χ3n) is 6.23. The van der Waals surface area contributed by atoms with Crippen molar-refractivity contribution in [1.82, 2.24) is 25.9 Å². The van der Waals surface area contributed by atoms with E-state index in [0.29, 0.717) is 33.5 Å². The van der Waals surface area contributed by atoms with E-state index < -0.39 is 29.7 Å². The van der Waals surface area contributed by atoms with Crippen LogP contribution in [0.15, 0.2) is 54.6 Å². The molecule has 39 heavy (non-hydrogen) atoms. The molecule has 0 radical (unpaired) electrons. The van der Waals surface area contributed by atoms with Crippen LogP contribution in [0.2, 0.25) is 10.0 Å². The second-order valence-electron chi connectivity index (χ2n) is 8.73. The van der Waals surface area contributed by atoms with E-state index >= 15 is 0 Å². The van der Waals surface area contributed by atoms with Gasteiger partial charge >= 0.3 is 5.97 Å². The van der Waals surface area contributed by atoms with E-state index in [1.165, 1.54) is 12.1 Å². The van der Waals surface area contributed by atoms with Gasteiger partial charge in [0.2, 0.25) is 5.82 Å². The molecule has 13 heteroatoms. The lowest BCUT2D eigenvalue weighted by atomic mass is 10.0. The maximum atomic E-state index is 13.0. The summed E-state index contributed by atoms with van der Waals surface area (Å²) in [6, 6.07) is 12.9. The average molecular weight is 565 g/mol. The Hall–Kier alpha value is -4.61. The summed E-state index contributed by atoms with van der Waals surface area (Å²) in [7, 11) is 0. The summed E-state index contributed by atoms with van der Waals surface area (Å²) < 4.78 is 0. The molecule has 0 fully saturated rings. The van der Waals surface area contributed by atoms with Gasteiger partial charge in [0.1, 0.15) is 6.04 Å². The number of carboxylic acids is 1. The minimum Gasteiger partial charge on any atom is -0.480 e. The number of halogens is 2. The van der Waals surface area contributed by atoms with Gasteiger partial charge in [-0.25, -0.2) is 9.69 Å². The molecule has 3 amide bonds. The number of imide groups is 1. The third kappa shape index (κ3) is 4.85. The van der Waals surface area contributed by atoms with Crippen LogP contribution in [0.25, 0.3) is 11.4 Å². The molecule has 0 saturated heterocycles. The average Bonchev–Trinajstić information content (AvgIpc) is 3.51. The number of anilines is 1. The second kappa shape index (κ2) is 10.3. The number of tetrazole rings is 1. The van der Waals surface area contributed by atoms with Crippen molar-refractivity contribution in [1.29, 1.82) is 0 Å². The van der Waals surface area contributed by atoms with Crippen molar-refractivity contribution < 1.29 is 24.3 Å². The molecule has 11 nitrogen and oxygen atoms in total. The second-order valence-corrected chi connectivity index (χ2v) is 9.54. The predicted octanol–water partition coefficient (Wildman–Crippen LogP) is 3.71. The highest BCUT2D eigenvalue weighted by molar-refractivity contribution is 6.40. The quantitative estimate of drug-likeness (QED) is 0.286. The number of amides is 3. The van der Waals surface area contributed by atoms with Crippen LogP contribution in [-0.4, -0.2) is 55.5 Å². The number of carboxylic acid groups (broad SMARTS) is 1. The van der Waals surface area contributed by atoms with Crippen molar-refractivity contribution in [3.8, 4) is 11.4 Å². The Morgan fingerprint density at radius 1 is 1.05 bits per heavy atom. The summed E-state index contributed by atoms with van der Waals surface area (Å²) in [6.07, 6.45) is -0.0846. The van der Waals surface area contributed by atoms with Gasteiger partial charge in [0.25, 0.3) is 17.7 Å². The van der Waals surface area contributed by atoms with Crippen molar-refractivity contribution in [2.45, 2.75) is 19.4 Å². The molecule has 3 aromatic carbocycles. The Balaban J connectivity index is 1.32. The molecule has 0 bridgehead atoms. The molecule has 2 heterocycles. The molecule has 1 aliphatic rings. The van der Waals surface area contributed by atoms with Gasteiger partial charge in [0.05, 0.1) is 32.4 Å². The number of aliphatic carboxylic acids is 1. The number of hydrogen-bond acceptors (Lipinski definition) is 7. The van der Waals surface area contributed by atoms with Crippen LogP contribution in [0.5, 0.6) is 0 Å². The van der Waals surface area contributed by atoms with E-state index in [1.54, 1.807) is 49.4 Å². The fraction of sp³-hybridized carbons (Fsp3) is 0.115. The Labute approximate surface area is 230 Å². The third-order valence-corrected chi connectivity index (χ3v) is 6.83. The number of aromatic nitrogens is 4. The van der Waals surface area contributed by atoms with Crippen LogP contribution in [0.1, 0.15) is 42.2 Å². The van der Waals surface area contributed by atoms with Crippen molar-refractivity contribution in [3.05, 3.63) is 92.5 Å². The number of fused-ring (bicyclic) bond motifs is 1.